The number of aromatic nitrogens is 1. The number of hydrogen-bond acceptors (Lipinski definition) is 1. The van der Waals surface area contributed by atoms with Crippen LogP contribution in [0.25, 0.3) is 11.1 Å². The van der Waals surface area contributed by atoms with Crippen LogP contribution in [0.5, 0.6) is 0 Å². The van der Waals surface area contributed by atoms with Crippen LogP contribution in [0, 0.1) is 12.3 Å². The Morgan fingerprint density at radius 3 is 2.53 bits per heavy atom. The van der Waals surface area contributed by atoms with Crippen LogP contribution in [-0.2, 0) is 0 Å². The maximum absolute atomic E-state index is 6.06. The topological polar surface area (TPSA) is 12.9 Å². The molecule has 1 nitrogen and oxygen atoms in total. The van der Waals surface area contributed by atoms with Crippen LogP contribution in [0.3, 0.4) is 0 Å². The minimum Gasteiger partial charge on any atom is -0.247 e. The highest BCUT2D eigenvalue weighted by Gasteiger charge is 2.01. The predicted octanol–water partition coefficient (Wildman–Crippen LogP) is 3.38. The number of rotatable bonds is 1. The van der Waals surface area contributed by atoms with Gasteiger partial charge in [-0.05, 0) is 18.2 Å². The molecule has 0 aliphatic carbocycles. The zero-order valence-electron chi connectivity index (χ0n) is 7.94. The number of hydrogen-bond donors (Lipinski definition) is 0. The third-order valence-electron chi connectivity index (χ3n) is 2.10. The van der Waals surface area contributed by atoms with Crippen LogP contribution in [0.1, 0.15) is 5.69 Å². The maximum Gasteiger partial charge on any atom is 0.112 e. The van der Waals surface area contributed by atoms with Crippen LogP contribution in [-0.4, -0.2) is 4.98 Å². The van der Waals surface area contributed by atoms with Crippen molar-refractivity contribution < 1.29 is 0 Å². The standard InChI is InChI=1S/C13H8ClN/c1-2-11-8-7-10(9-15-11)12-5-3-4-6-13(12)14/h1,3-9H. The number of benzene rings is 1. The third-order valence-corrected chi connectivity index (χ3v) is 2.43. The Balaban J connectivity index is 2.47. The van der Waals surface area contributed by atoms with E-state index in [4.69, 9.17) is 18.0 Å². The van der Waals surface area contributed by atoms with E-state index in [0.717, 1.165) is 11.1 Å². The normalized spacial score (nSPS) is 9.60. The van der Waals surface area contributed by atoms with E-state index in [9.17, 15) is 0 Å². The maximum atomic E-state index is 6.06. The molecule has 15 heavy (non-hydrogen) atoms. The number of pyridine rings is 1. The summed E-state index contributed by atoms with van der Waals surface area (Å²) >= 11 is 6.06. The second-order valence-electron chi connectivity index (χ2n) is 3.06. The van der Waals surface area contributed by atoms with Gasteiger partial charge in [0.2, 0.25) is 0 Å². The summed E-state index contributed by atoms with van der Waals surface area (Å²) in [6, 6.07) is 11.4. The monoisotopic (exact) mass is 213 g/mol. The third kappa shape index (κ3) is 2.01. The number of nitrogens with zero attached hydrogens (tertiary/aromatic N) is 1. The molecule has 0 saturated heterocycles. The SMILES string of the molecule is C#Cc1ccc(-c2ccccc2Cl)cn1. The summed E-state index contributed by atoms with van der Waals surface area (Å²) in [6.07, 6.45) is 6.96. The second-order valence-corrected chi connectivity index (χ2v) is 3.46. The summed E-state index contributed by atoms with van der Waals surface area (Å²) in [5, 5.41) is 0.716. The molecule has 72 valence electrons. The largest absolute Gasteiger partial charge is 0.247 e. The Kier molecular flexibility index (Phi) is 2.71. The lowest BCUT2D eigenvalue weighted by molar-refractivity contribution is 1.29. The van der Waals surface area contributed by atoms with Gasteiger partial charge in [0.25, 0.3) is 0 Å². The first-order valence-electron chi connectivity index (χ1n) is 4.49. The summed E-state index contributed by atoms with van der Waals surface area (Å²) in [5.41, 5.74) is 2.57. The molecule has 0 atom stereocenters. The lowest BCUT2D eigenvalue weighted by Gasteiger charge is -2.03. The first kappa shape index (κ1) is 9.76. The van der Waals surface area contributed by atoms with E-state index in [2.05, 4.69) is 10.9 Å². The van der Waals surface area contributed by atoms with Gasteiger partial charge in [0.1, 0.15) is 5.69 Å². The van der Waals surface area contributed by atoms with Crippen LogP contribution < -0.4 is 0 Å². The van der Waals surface area contributed by atoms with Gasteiger partial charge in [-0.25, -0.2) is 4.98 Å². The van der Waals surface area contributed by atoms with E-state index in [1.807, 2.05) is 30.3 Å². The molecule has 0 spiro atoms. The molecule has 2 aromatic rings. The van der Waals surface area contributed by atoms with Crippen LogP contribution in [0.15, 0.2) is 42.6 Å². The van der Waals surface area contributed by atoms with Gasteiger partial charge in [-0.1, -0.05) is 35.7 Å². The molecule has 0 radical (unpaired) electrons. The van der Waals surface area contributed by atoms with E-state index < -0.39 is 0 Å². The van der Waals surface area contributed by atoms with Gasteiger partial charge in [0.05, 0.1) is 0 Å². The van der Waals surface area contributed by atoms with Gasteiger partial charge in [0, 0.05) is 22.3 Å². The molecule has 0 unspecified atom stereocenters. The highest BCUT2D eigenvalue weighted by atomic mass is 35.5. The molecule has 0 bridgehead atoms. The highest BCUT2D eigenvalue weighted by molar-refractivity contribution is 6.33. The fraction of sp³-hybridized carbons (Fsp3) is 0. The molecule has 0 amide bonds. The molecule has 2 rings (SSSR count). The van der Waals surface area contributed by atoms with Gasteiger partial charge in [-0.15, -0.1) is 6.42 Å². The first-order valence-corrected chi connectivity index (χ1v) is 4.86. The van der Waals surface area contributed by atoms with E-state index >= 15 is 0 Å². The summed E-state index contributed by atoms with van der Waals surface area (Å²) in [7, 11) is 0. The molecular weight excluding hydrogens is 206 g/mol. The molecule has 0 fully saturated rings. The molecule has 0 aliphatic heterocycles. The number of halogens is 1. The van der Waals surface area contributed by atoms with Crippen molar-refractivity contribution in [3.63, 3.8) is 0 Å². The summed E-state index contributed by atoms with van der Waals surface area (Å²) in [4.78, 5) is 4.12. The van der Waals surface area contributed by atoms with E-state index in [-0.39, 0.29) is 0 Å². The van der Waals surface area contributed by atoms with Gasteiger partial charge in [0.15, 0.2) is 0 Å². The lowest BCUT2D eigenvalue weighted by atomic mass is 10.1. The van der Waals surface area contributed by atoms with E-state index in [0.29, 0.717) is 10.7 Å². The molecule has 1 heterocycles. The molecule has 0 saturated carbocycles. The average Bonchev–Trinajstić information content (AvgIpc) is 2.30. The van der Waals surface area contributed by atoms with Crippen molar-refractivity contribution in [2.75, 3.05) is 0 Å². The molecule has 1 aromatic heterocycles. The zero-order valence-corrected chi connectivity index (χ0v) is 8.70. The molecule has 0 N–H and O–H groups in total. The molecule has 1 aromatic carbocycles. The van der Waals surface area contributed by atoms with Crippen molar-refractivity contribution in [3.05, 3.63) is 53.3 Å². The molecule has 2 heteroatoms. The van der Waals surface area contributed by atoms with Crippen molar-refractivity contribution in [1.82, 2.24) is 4.98 Å². The van der Waals surface area contributed by atoms with Crippen molar-refractivity contribution in [1.29, 1.82) is 0 Å². The van der Waals surface area contributed by atoms with Crippen LogP contribution in [0.4, 0.5) is 0 Å². The van der Waals surface area contributed by atoms with Gasteiger partial charge < -0.3 is 0 Å². The fourth-order valence-corrected chi connectivity index (χ4v) is 1.58. The lowest BCUT2D eigenvalue weighted by Crippen LogP contribution is -1.84. The second kappa shape index (κ2) is 4.16. The van der Waals surface area contributed by atoms with Crippen LogP contribution in [0.2, 0.25) is 5.02 Å². The Morgan fingerprint density at radius 2 is 1.93 bits per heavy atom. The quantitative estimate of drug-likeness (QED) is 0.662. The Hall–Kier alpha value is -1.78. The highest BCUT2D eigenvalue weighted by Crippen LogP contribution is 2.26. The summed E-state index contributed by atoms with van der Waals surface area (Å²) < 4.78 is 0. The van der Waals surface area contributed by atoms with E-state index in [1.165, 1.54) is 0 Å². The van der Waals surface area contributed by atoms with Gasteiger partial charge in [-0.3, -0.25) is 0 Å². The van der Waals surface area contributed by atoms with Crippen molar-refractivity contribution in [3.8, 4) is 23.5 Å². The Bertz CT molecular complexity index is 509. The minimum atomic E-state index is 0.630. The Labute approximate surface area is 93.7 Å². The summed E-state index contributed by atoms with van der Waals surface area (Å²) in [5.74, 6) is 2.48. The fourth-order valence-electron chi connectivity index (χ4n) is 1.33. The van der Waals surface area contributed by atoms with Crippen LogP contribution >= 0.6 is 11.6 Å². The van der Waals surface area contributed by atoms with Gasteiger partial charge >= 0.3 is 0 Å². The molecule has 0 aliphatic rings. The van der Waals surface area contributed by atoms with E-state index in [1.54, 1.807) is 12.3 Å². The number of terminal acetylenes is 1. The first-order chi connectivity index (χ1) is 7.31. The average molecular weight is 214 g/mol. The van der Waals surface area contributed by atoms with Crippen molar-refractivity contribution in [2.45, 2.75) is 0 Å². The van der Waals surface area contributed by atoms with Crippen molar-refractivity contribution >= 4 is 11.6 Å². The smallest absolute Gasteiger partial charge is 0.112 e. The summed E-state index contributed by atoms with van der Waals surface area (Å²) in [6.45, 7) is 0. The predicted molar refractivity (Wildman–Crippen MR) is 62.6 cm³/mol. The molecular formula is C13H8ClN. The van der Waals surface area contributed by atoms with Crippen molar-refractivity contribution in [2.24, 2.45) is 0 Å². The van der Waals surface area contributed by atoms with Gasteiger partial charge in [-0.2, -0.15) is 0 Å². The Morgan fingerprint density at radius 1 is 1.13 bits per heavy atom. The minimum absolute atomic E-state index is 0.630. The zero-order chi connectivity index (χ0) is 10.7.